The smallest absolute Gasteiger partial charge is 0.486 e. The van der Waals surface area contributed by atoms with E-state index in [1.807, 2.05) is 45.0 Å². The van der Waals surface area contributed by atoms with Crippen molar-refractivity contribution in [3.05, 3.63) is 45.9 Å². The van der Waals surface area contributed by atoms with Gasteiger partial charge in [0.05, 0.1) is 25.5 Å². The van der Waals surface area contributed by atoms with Crippen LogP contribution in [0.3, 0.4) is 0 Å². The summed E-state index contributed by atoms with van der Waals surface area (Å²) in [6.07, 6.45) is -1.66. The zero-order valence-corrected chi connectivity index (χ0v) is 23.8. The van der Waals surface area contributed by atoms with E-state index >= 15 is 0 Å². The molecule has 0 radical (unpaired) electrons. The number of hydrogen-bond acceptors (Lipinski definition) is 8. The maximum Gasteiger partial charge on any atom is 0.490 e. The van der Waals surface area contributed by atoms with E-state index in [2.05, 4.69) is 47.1 Å². The van der Waals surface area contributed by atoms with Crippen LogP contribution in [0, 0.1) is 0 Å². The average molecular weight is 672 g/mol. The number of halogens is 5. The van der Waals surface area contributed by atoms with Crippen LogP contribution in [0.25, 0.3) is 0 Å². The first-order valence-corrected chi connectivity index (χ1v) is 12.8. The number of aliphatic carboxylic acids is 1. The topological polar surface area (TPSA) is 123 Å². The van der Waals surface area contributed by atoms with Gasteiger partial charge in [0.25, 0.3) is 0 Å². The molecule has 2 N–H and O–H groups in total. The zero-order chi connectivity index (χ0) is 28.5. The highest BCUT2D eigenvalue weighted by Gasteiger charge is 2.38. The minimum absolute atomic E-state index is 0.00972. The molecule has 4 heterocycles. The van der Waals surface area contributed by atoms with Crippen molar-refractivity contribution in [3.63, 3.8) is 0 Å². The van der Waals surface area contributed by atoms with Gasteiger partial charge in [-0.3, -0.25) is 0 Å². The molecule has 38 heavy (non-hydrogen) atoms. The third kappa shape index (κ3) is 11.8. The maximum atomic E-state index is 11.7. The molecule has 0 aromatic carbocycles. The Morgan fingerprint density at radius 2 is 1.39 bits per heavy atom. The number of carboxylic acids is 1. The Hall–Kier alpha value is -2.65. The van der Waals surface area contributed by atoms with Gasteiger partial charge in [-0.15, -0.1) is 0 Å². The molecule has 1 amide bonds. The second-order valence-electron chi connectivity index (χ2n) is 8.96. The molecule has 0 bridgehead atoms. The lowest BCUT2D eigenvalue weighted by molar-refractivity contribution is -0.192. The largest absolute Gasteiger partial charge is 0.490 e. The molecule has 210 valence electrons. The number of nitrogens with zero attached hydrogens (tertiary/aromatic N) is 3. The molecule has 0 atom stereocenters. The number of likely N-dealkylation sites (tertiary alicyclic amines) is 1. The number of hydrogen-bond donors (Lipinski definition) is 2. The Balaban J connectivity index is 0.000000227. The summed E-state index contributed by atoms with van der Waals surface area (Å²) in [7, 11) is 0. The lowest BCUT2D eigenvalue weighted by Gasteiger charge is -2.39. The second kappa shape index (κ2) is 13.9. The third-order valence-electron chi connectivity index (χ3n) is 4.49. The molecule has 2 aromatic heterocycles. The van der Waals surface area contributed by atoms with Crippen molar-refractivity contribution in [2.45, 2.75) is 44.8 Å². The fraction of sp³-hybridized carbons (Fsp3) is 0.478. The van der Waals surface area contributed by atoms with Crippen molar-refractivity contribution in [2.24, 2.45) is 0 Å². The average Bonchev–Trinajstić information content (AvgIpc) is 2.74. The first-order chi connectivity index (χ1) is 17.6. The van der Waals surface area contributed by atoms with Gasteiger partial charge in [-0.1, -0.05) is 0 Å². The summed E-state index contributed by atoms with van der Waals surface area (Å²) in [4.78, 5) is 30.4. The highest BCUT2D eigenvalue weighted by molar-refractivity contribution is 9.10. The molecule has 4 rings (SSSR count). The van der Waals surface area contributed by atoms with Gasteiger partial charge >= 0.3 is 18.2 Å². The third-order valence-corrected chi connectivity index (χ3v) is 5.43. The normalized spacial score (nSPS) is 15.4. The van der Waals surface area contributed by atoms with E-state index in [9.17, 15) is 18.0 Å². The number of amides is 1. The van der Waals surface area contributed by atoms with Crippen molar-refractivity contribution in [2.75, 3.05) is 26.2 Å². The summed E-state index contributed by atoms with van der Waals surface area (Å²) < 4.78 is 49.8. The van der Waals surface area contributed by atoms with Crippen molar-refractivity contribution < 1.29 is 42.1 Å². The summed E-state index contributed by atoms with van der Waals surface area (Å²) in [6, 6.07) is 7.45. The van der Waals surface area contributed by atoms with Gasteiger partial charge in [0.2, 0.25) is 0 Å². The number of carboxylic acid groups (broad SMARTS) is 1. The fourth-order valence-electron chi connectivity index (χ4n) is 2.58. The van der Waals surface area contributed by atoms with E-state index < -0.39 is 17.7 Å². The van der Waals surface area contributed by atoms with Gasteiger partial charge in [-0.2, -0.15) is 13.2 Å². The number of aromatic nitrogens is 2. The Bertz CT molecular complexity index is 1040. The summed E-state index contributed by atoms with van der Waals surface area (Å²) in [5.74, 6) is -1.21. The standard InChI is InChI=1S/C13H17BrN2O3.C8H9BrN2O.C2HF3O2/c1-13(2,3)19-12(17)16-7-10(8-16)18-9-4-5-11(14)15-6-9;9-8-2-1-6(5-11-8)12-7-3-10-4-7;3-2(4,5)1(6)7/h4-6,10H,7-8H2,1-3H3;1-2,5,7,10H,3-4H2;(H,6,7). The molecular weight excluding hydrogens is 645 g/mol. The zero-order valence-electron chi connectivity index (χ0n) is 20.7. The van der Waals surface area contributed by atoms with Crippen LogP contribution < -0.4 is 14.8 Å². The summed E-state index contributed by atoms with van der Waals surface area (Å²) >= 11 is 6.53. The Labute approximate surface area is 234 Å². The van der Waals surface area contributed by atoms with Gasteiger partial charge in [0.15, 0.2) is 0 Å². The lowest BCUT2D eigenvalue weighted by Crippen LogP contribution is -2.57. The first kappa shape index (κ1) is 31.6. The molecule has 2 aliphatic heterocycles. The summed E-state index contributed by atoms with van der Waals surface area (Å²) in [6.45, 7) is 8.53. The van der Waals surface area contributed by atoms with Crippen LogP contribution >= 0.6 is 31.9 Å². The van der Waals surface area contributed by atoms with Crippen LogP contribution in [-0.2, 0) is 9.53 Å². The predicted molar refractivity (Wildman–Crippen MR) is 137 cm³/mol. The van der Waals surface area contributed by atoms with E-state index in [4.69, 9.17) is 24.1 Å². The Kier molecular flexibility index (Phi) is 11.6. The number of ether oxygens (including phenoxy) is 3. The fourth-order valence-corrected chi connectivity index (χ4v) is 3.05. The van der Waals surface area contributed by atoms with E-state index in [0.717, 1.165) is 28.0 Å². The van der Waals surface area contributed by atoms with Crippen molar-refractivity contribution >= 4 is 43.9 Å². The number of alkyl halides is 3. The van der Waals surface area contributed by atoms with Gasteiger partial charge in [0.1, 0.15) is 38.5 Å². The molecule has 2 aliphatic rings. The molecule has 2 aromatic rings. The molecular formula is C23H27Br2F3N4O6. The van der Waals surface area contributed by atoms with Crippen LogP contribution in [0.5, 0.6) is 11.5 Å². The summed E-state index contributed by atoms with van der Waals surface area (Å²) in [5.41, 5.74) is -0.460. The van der Waals surface area contributed by atoms with Crippen LogP contribution in [0.2, 0.25) is 0 Å². The summed E-state index contributed by atoms with van der Waals surface area (Å²) in [5, 5.41) is 10.3. The predicted octanol–water partition coefficient (Wildman–Crippen LogP) is 4.67. The Morgan fingerprint density at radius 3 is 1.71 bits per heavy atom. The number of nitrogens with one attached hydrogen (secondary N) is 1. The quantitative estimate of drug-likeness (QED) is 0.447. The van der Waals surface area contributed by atoms with Crippen LogP contribution in [-0.4, -0.2) is 82.2 Å². The molecule has 2 saturated heterocycles. The van der Waals surface area contributed by atoms with E-state index in [0.29, 0.717) is 24.9 Å². The van der Waals surface area contributed by atoms with Gasteiger partial charge in [-0.25, -0.2) is 19.6 Å². The highest BCUT2D eigenvalue weighted by Crippen LogP contribution is 2.21. The van der Waals surface area contributed by atoms with Crippen LogP contribution in [0.1, 0.15) is 20.8 Å². The Morgan fingerprint density at radius 1 is 0.947 bits per heavy atom. The number of rotatable bonds is 4. The van der Waals surface area contributed by atoms with Gasteiger partial charge in [0, 0.05) is 13.1 Å². The molecule has 0 unspecified atom stereocenters. The van der Waals surface area contributed by atoms with Crippen LogP contribution in [0.15, 0.2) is 45.9 Å². The number of pyridine rings is 2. The number of carbonyl (C=O) groups excluding carboxylic acids is 1. The maximum absolute atomic E-state index is 11.7. The van der Waals surface area contributed by atoms with Crippen molar-refractivity contribution in [1.29, 1.82) is 0 Å². The SMILES string of the molecule is Brc1ccc(OC2CNC2)cn1.CC(C)(C)OC(=O)N1CC(Oc2ccc(Br)nc2)C1.O=C(O)C(F)(F)F. The molecule has 2 fully saturated rings. The van der Waals surface area contributed by atoms with E-state index in [1.54, 1.807) is 17.3 Å². The van der Waals surface area contributed by atoms with E-state index in [1.165, 1.54) is 0 Å². The molecule has 10 nitrogen and oxygen atoms in total. The molecule has 15 heteroatoms. The van der Waals surface area contributed by atoms with E-state index in [-0.39, 0.29) is 12.2 Å². The van der Waals surface area contributed by atoms with Crippen molar-refractivity contribution in [3.8, 4) is 11.5 Å². The highest BCUT2D eigenvalue weighted by atomic mass is 79.9. The minimum Gasteiger partial charge on any atom is -0.486 e. The molecule has 0 spiro atoms. The van der Waals surface area contributed by atoms with Gasteiger partial charge in [-0.05, 0) is 76.9 Å². The first-order valence-electron chi connectivity index (χ1n) is 11.2. The molecule has 0 saturated carbocycles. The number of carbonyl (C=O) groups is 2. The van der Waals surface area contributed by atoms with Crippen molar-refractivity contribution in [1.82, 2.24) is 20.2 Å². The minimum atomic E-state index is -5.08. The molecule has 0 aliphatic carbocycles. The van der Waals surface area contributed by atoms with Crippen LogP contribution in [0.4, 0.5) is 18.0 Å². The monoisotopic (exact) mass is 670 g/mol. The second-order valence-corrected chi connectivity index (χ2v) is 10.6. The lowest BCUT2D eigenvalue weighted by atomic mass is 10.1. The van der Waals surface area contributed by atoms with Gasteiger partial charge < -0.3 is 29.5 Å².